The van der Waals surface area contributed by atoms with Crippen LogP contribution in [0.3, 0.4) is 0 Å². The summed E-state index contributed by atoms with van der Waals surface area (Å²) in [4.78, 5) is 4.41. The zero-order chi connectivity index (χ0) is 11.7. The lowest BCUT2D eigenvalue weighted by Crippen LogP contribution is -2.22. The van der Waals surface area contributed by atoms with Crippen LogP contribution in [0, 0.1) is 0 Å². The van der Waals surface area contributed by atoms with Gasteiger partial charge in [0.1, 0.15) is 5.82 Å². The molecule has 1 aliphatic rings. The fourth-order valence-corrected chi connectivity index (χ4v) is 2.54. The van der Waals surface area contributed by atoms with E-state index in [1.807, 2.05) is 24.4 Å². The van der Waals surface area contributed by atoms with Gasteiger partial charge in [0.05, 0.1) is 5.02 Å². The number of anilines is 1. The van der Waals surface area contributed by atoms with E-state index in [4.69, 9.17) is 11.6 Å². The fourth-order valence-electron chi connectivity index (χ4n) is 2.27. The maximum absolute atomic E-state index is 6.25. The third-order valence-corrected chi connectivity index (χ3v) is 3.46. The Morgan fingerprint density at radius 2 is 2.29 bits per heavy atom. The van der Waals surface area contributed by atoms with Crippen molar-refractivity contribution in [2.45, 2.75) is 12.5 Å². The van der Waals surface area contributed by atoms with Crippen molar-refractivity contribution in [2.75, 3.05) is 18.4 Å². The molecule has 3 rings (SSSR count). The molecule has 1 atom stereocenters. The van der Waals surface area contributed by atoms with E-state index in [2.05, 4.69) is 21.7 Å². The minimum Gasteiger partial charge on any atom is -0.365 e. The van der Waals surface area contributed by atoms with Gasteiger partial charge in [0.15, 0.2) is 0 Å². The molecule has 1 aromatic carbocycles. The fraction of sp³-hybridized carbons (Fsp3) is 0.308. The second-order valence-electron chi connectivity index (χ2n) is 4.33. The Morgan fingerprint density at radius 3 is 3.12 bits per heavy atom. The van der Waals surface area contributed by atoms with Crippen molar-refractivity contribution in [2.24, 2.45) is 0 Å². The Morgan fingerprint density at radius 1 is 1.35 bits per heavy atom. The third-order valence-electron chi connectivity index (χ3n) is 3.14. The number of pyridine rings is 1. The highest BCUT2D eigenvalue weighted by Gasteiger charge is 2.16. The molecule has 0 bridgehead atoms. The molecule has 1 fully saturated rings. The number of nitrogens with zero attached hydrogens (tertiary/aromatic N) is 1. The summed E-state index contributed by atoms with van der Waals surface area (Å²) in [6.07, 6.45) is 2.95. The van der Waals surface area contributed by atoms with Gasteiger partial charge in [0.2, 0.25) is 0 Å². The topological polar surface area (TPSA) is 37.0 Å². The van der Waals surface area contributed by atoms with Crippen molar-refractivity contribution in [1.82, 2.24) is 10.3 Å². The monoisotopic (exact) mass is 247 g/mol. The molecule has 88 valence electrons. The van der Waals surface area contributed by atoms with Gasteiger partial charge in [-0.2, -0.15) is 0 Å². The SMILES string of the molecule is Clc1cccc2ccnc(NC3CCNC3)c12. The van der Waals surface area contributed by atoms with Gasteiger partial charge in [-0.1, -0.05) is 23.7 Å². The first kappa shape index (κ1) is 10.8. The van der Waals surface area contributed by atoms with Crippen molar-refractivity contribution >= 4 is 28.2 Å². The van der Waals surface area contributed by atoms with Gasteiger partial charge < -0.3 is 10.6 Å². The average Bonchev–Trinajstić information content (AvgIpc) is 2.82. The molecular weight excluding hydrogens is 234 g/mol. The van der Waals surface area contributed by atoms with Crippen LogP contribution in [0.15, 0.2) is 30.5 Å². The summed E-state index contributed by atoms with van der Waals surface area (Å²) in [5, 5.41) is 9.70. The predicted molar refractivity (Wildman–Crippen MR) is 71.7 cm³/mol. The molecule has 0 radical (unpaired) electrons. The number of nitrogens with one attached hydrogen (secondary N) is 2. The molecule has 2 heterocycles. The molecule has 3 nitrogen and oxygen atoms in total. The summed E-state index contributed by atoms with van der Waals surface area (Å²) in [6.45, 7) is 2.05. The number of benzene rings is 1. The predicted octanol–water partition coefficient (Wildman–Crippen LogP) is 2.66. The van der Waals surface area contributed by atoms with Gasteiger partial charge >= 0.3 is 0 Å². The van der Waals surface area contributed by atoms with Crippen molar-refractivity contribution in [3.63, 3.8) is 0 Å². The van der Waals surface area contributed by atoms with Crippen LogP contribution in [-0.4, -0.2) is 24.1 Å². The highest BCUT2D eigenvalue weighted by Crippen LogP contribution is 2.29. The summed E-state index contributed by atoms with van der Waals surface area (Å²) >= 11 is 6.25. The van der Waals surface area contributed by atoms with Crippen molar-refractivity contribution in [1.29, 1.82) is 0 Å². The van der Waals surface area contributed by atoms with Gasteiger partial charge in [-0.25, -0.2) is 4.98 Å². The largest absolute Gasteiger partial charge is 0.365 e. The maximum Gasteiger partial charge on any atom is 0.135 e. The molecular formula is C13H14ClN3. The first-order valence-electron chi connectivity index (χ1n) is 5.85. The van der Waals surface area contributed by atoms with Crippen LogP contribution >= 0.6 is 11.6 Å². The van der Waals surface area contributed by atoms with Crippen LogP contribution in [0.1, 0.15) is 6.42 Å². The smallest absolute Gasteiger partial charge is 0.135 e. The number of rotatable bonds is 2. The highest BCUT2D eigenvalue weighted by atomic mass is 35.5. The van der Waals surface area contributed by atoms with E-state index in [9.17, 15) is 0 Å². The third kappa shape index (κ3) is 2.08. The van der Waals surface area contributed by atoms with E-state index in [1.54, 1.807) is 0 Å². The second kappa shape index (κ2) is 4.51. The van der Waals surface area contributed by atoms with Crippen LogP contribution in [-0.2, 0) is 0 Å². The molecule has 2 N–H and O–H groups in total. The lowest BCUT2D eigenvalue weighted by Gasteiger charge is -2.14. The molecule has 1 aliphatic heterocycles. The number of fused-ring (bicyclic) bond motifs is 1. The quantitative estimate of drug-likeness (QED) is 0.857. The molecule has 0 saturated carbocycles. The van der Waals surface area contributed by atoms with Gasteiger partial charge in [-0.3, -0.25) is 0 Å². The summed E-state index contributed by atoms with van der Waals surface area (Å²) in [6, 6.07) is 8.36. The molecule has 0 aliphatic carbocycles. The Kier molecular flexibility index (Phi) is 2.87. The number of aromatic nitrogens is 1. The maximum atomic E-state index is 6.25. The minimum atomic E-state index is 0.448. The van der Waals surface area contributed by atoms with E-state index in [1.165, 1.54) is 0 Å². The van der Waals surface area contributed by atoms with E-state index in [0.717, 1.165) is 41.1 Å². The Bertz CT molecular complexity index is 530. The second-order valence-corrected chi connectivity index (χ2v) is 4.74. The van der Waals surface area contributed by atoms with E-state index < -0.39 is 0 Å². The van der Waals surface area contributed by atoms with Gasteiger partial charge in [-0.15, -0.1) is 0 Å². The Hall–Kier alpha value is -1.32. The van der Waals surface area contributed by atoms with Crippen molar-refractivity contribution in [3.8, 4) is 0 Å². The van der Waals surface area contributed by atoms with Crippen LogP contribution in [0.25, 0.3) is 10.8 Å². The van der Waals surface area contributed by atoms with Crippen LogP contribution in [0.4, 0.5) is 5.82 Å². The van der Waals surface area contributed by atoms with Crippen LogP contribution in [0.5, 0.6) is 0 Å². The lowest BCUT2D eigenvalue weighted by atomic mass is 10.1. The normalized spacial score (nSPS) is 19.7. The van der Waals surface area contributed by atoms with Gasteiger partial charge in [-0.05, 0) is 30.5 Å². The standard InChI is InChI=1S/C13H14ClN3/c14-11-3-1-2-9-4-7-16-13(12(9)11)17-10-5-6-15-8-10/h1-4,7,10,15H,5-6,8H2,(H,16,17). The molecule has 1 aromatic heterocycles. The molecule has 1 saturated heterocycles. The summed E-state index contributed by atoms with van der Waals surface area (Å²) in [5.41, 5.74) is 0. The number of halogens is 1. The minimum absolute atomic E-state index is 0.448. The zero-order valence-corrected chi connectivity index (χ0v) is 10.2. The average molecular weight is 248 g/mol. The number of hydrogen-bond acceptors (Lipinski definition) is 3. The lowest BCUT2D eigenvalue weighted by molar-refractivity contribution is 0.789. The van der Waals surface area contributed by atoms with Crippen molar-refractivity contribution < 1.29 is 0 Å². The van der Waals surface area contributed by atoms with Crippen LogP contribution < -0.4 is 10.6 Å². The Balaban J connectivity index is 2.03. The molecule has 1 unspecified atom stereocenters. The van der Waals surface area contributed by atoms with Crippen molar-refractivity contribution in [3.05, 3.63) is 35.5 Å². The summed E-state index contributed by atoms with van der Waals surface area (Å²) < 4.78 is 0. The zero-order valence-electron chi connectivity index (χ0n) is 9.41. The van der Waals surface area contributed by atoms with Crippen LogP contribution in [0.2, 0.25) is 5.02 Å². The van der Waals surface area contributed by atoms with E-state index >= 15 is 0 Å². The molecule has 0 amide bonds. The molecule has 17 heavy (non-hydrogen) atoms. The first-order valence-corrected chi connectivity index (χ1v) is 6.23. The summed E-state index contributed by atoms with van der Waals surface area (Å²) in [7, 11) is 0. The summed E-state index contributed by atoms with van der Waals surface area (Å²) in [5.74, 6) is 0.891. The Labute approximate surface area is 105 Å². The molecule has 4 heteroatoms. The van der Waals surface area contributed by atoms with Gasteiger partial charge in [0.25, 0.3) is 0 Å². The highest BCUT2D eigenvalue weighted by molar-refractivity contribution is 6.36. The molecule has 0 spiro atoms. The van der Waals surface area contributed by atoms with E-state index in [0.29, 0.717) is 6.04 Å². The number of hydrogen-bond donors (Lipinski definition) is 2. The van der Waals surface area contributed by atoms with E-state index in [-0.39, 0.29) is 0 Å². The van der Waals surface area contributed by atoms with Gasteiger partial charge in [0, 0.05) is 24.2 Å². The first-order chi connectivity index (χ1) is 8.34. The molecule has 2 aromatic rings.